The molecule has 1 aliphatic rings. The fourth-order valence-corrected chi connectivity index (χ4v) is 2.28. The highest BCUT2D eigenvalue weighted by molar-refractivity contribution is 5.03. The summed E-state index contributed by atoms with van der Waals surface area (Å²) in [5.74, 6) is 0. The van der Waals surface area contributed by atoms with Gasteiger partial charge in [-0.15, -0.1) is 0 Å². The molecule has 0 saturated carbocycles. The maximum atomic E-state index is 9.13. The van der Waals surface area contributed by atoms with Gasteiger partial charge in [-0.05, 0) is 40.2 Å². The van der Waals surface area contributed by atoms with Crippen molar-refractivity contribution in [2.45, 2.75) is 64.4 Å². The number of nitriles is 1. The van der Waals surface area contributed by atoms with Gasteiger partial charge in [0, 0.05) is 0 Å². The standard InChI is InChI=1S/C13H24N2O2/c1-5-15-13(4,8-14)9-16-12-6-10(2)17-11(3)7-12/h10-12,15H,5-7,9H2,1-4H3. The average molecular weight is 240 g/mol. The summed E-state index contributed by atoms with van der Waals surface area (Å²) in [6, 6.07) is 2.27. The molecule has 1 rings (SSSR count). The molecule has 1 fully saturated rings. The van der Waals surface area contributed by atoms with Crippen molar-refractivity contribution in [1.82, 2.24) is 5.32 Å². The zero-order valence-corrected chi connectivity index (χ0v) is 11.3. The molecule has 1 saturated heterocycles. The first-order valence-electron chi connectivity index (χ1n) is 6.42. The molecular formula is C13H24N2O2. The Morgan fingerprint density at radius 2 is 2.00 bits per heavy atom. The van der Waals surface area contributed by atoms with Crippen molar-refractivity contribution in [1.29, 1.82) is 5.26 Å². The van der Waals surface area contributed by atoms with Crippen molar-refractivity contribution in [3.05, 3.63) is 0 Å². The number of rotatable bonds is 5. The van der Waals surface area contributed by atoms with Gasteiger partial charge in [0.2, 0.25) is 0 Å². The molecule has 0 aromatic rings. The van der Waals surface area contributed by atoms with Crippen LogP contribution >= 0.6 is 0 Å². The van der Waals surface area contributed by atoms with E-state index in [9.17, 15) is 0 Å². The second-order valence-electron chi connectivity index (χ2n) is 5.14. The first-order valence-corrected chi connectivity index (χ1v) is 6.42. The van der Waals surface area contributed by atoms with E-state index in [0.29, 0.717) is 6.61 Å². The number of hydrogen-bond acceptors (Lipinski definition) is 4. The van der Waals surface area contributed by atoms with Crippen LogP contribution in [0.5, 0.6) is 0 Å². The van der Waals surface area contributed by atoms with E-state index in [0.717, 1.165) is 19.4 Å². The van der Waals surface area contributed by atoms with E-state index < -0.39 is 5.54 Å². The van der Waals surface area contributed by atoms with Gasteiger partial charge >= 0.3 is 0 Å². The van der Waals surface area contributed by atoms with E-state index in [1.807, 2.05) is 13.8 Å². The molecular weight excluding hydrogens is 216 g/mol. The Bertz CT molecular complexity index is 267. The molecule has 3 unspecified atom stereocenters. The minimum atomic E-state index is -0.584. The van der Waals surface area contributed by atoms with Crippen molar-refractivity contribution in [2.75, 3.05) is 13.2 Å². The van der Waals surface area contributed by atoms with Crippen LogP contribution < -0.4 is 5.32 Å². The molecule has 0 aromatic heterocycles. The lowest BCUT2D eigenvalue weighted by molar-refractivity contribution is -0.107. The van der Waals surface area contributed by atoms with Crippen molar-refractivity contribution in [3.8, 4) is 6.07 Å². The van der Waals surface area contributed by atoms with Crippen molar-refractivity contribution in [3.63, 3.8) is 0 Å². The number of likely N-dealkylation sites (N-methyl/N-ethyl adjacent to an activating group) is 1. The molecule has 4 nitrogen and oxygen atoms in total. The van der Waals surface area contributed by atoms with Gasteiger partial charge in [0.05, 0.1) is 31.0 Å². The number of ether oxygens (including phenoxy) is 2. The van der Waals surface area contributed by atoms with Crippen molar-refractivity contribution < 1.29 is 9.47 Å². The van der Waals surface area contributed by atoms with Crippen LogP contribution in [0.2, 0.25) is 0 Å². The van der Waals surface area contributed by atoms with Crippen molar-refractivity contribution in [2.24, 2.45) is 0 Å². The summed E-state index contributed by atoms with van der Waals surface area (Å²) in [5.41, 5.74) is -0.584. The lowest BCUT2D eigenvalue weighted by Gasteiger charge is -2.34. The third kappa shape index (κ3) is 4.63. The molecule has 0 spiro atoms. The summed E-state index contributed by atoms with van der Waals surface area (Å²) in [6.45, 7) is 9.21. The van der Waals surface area contributed by atoms with Crippen molar-refractivity contribution >= 4 is 0 Å². The first-order chi connectivity index (χ1) is 7.99. The lowest BCUT2D eigenvalue weighted by Crippen LogP contribution is -2.47. The van der Waals surface area contributed by atoms with E-state index in [-0.39, 0.29) is 18.3 Å². The van der Waals surface area contributed by atoms with Gasteiger partial charge in [-0.3, -0.25) is 5.32 Å². The summed E-state index contributed by atoms with van der Waals surface area (Å²) in [5, 5.41) is 12.3. The summed E-state index contributed by atoms with van der Waals surface area (Å²) in [7, 11) is 0. The first kappa shape index (κ1) is 14.4. The normalized spacial score (nSPS) is 32.8. The Morgan fingerprint density at radius 1 is 1.41 bits per heavy atom. The molecule has 0 aromatic carbocycles. The summed E-state index contributed by atoms with van der Waals surface area (Å²) in [6.07, 6.45) is 2.53. The molecule has 1 N–H and O–H groups in total. The fraction of sp³-hybridized carbons (Fsp3) is 0.923. The minimum absolute atomic E-state index is 0.208. The predicted octanol–water partition coefficient (Wildman–Crippen LogP) is 1.85. The van der Waals surface area contributed by atoms with Gasteiger partial charge in [0.15, 0.2) is 0 Å². The highest BCUT2D eigenvalue weighted by Gasteiger charge is 2.29. The third-order valence-corrected chi connectivity index (χ3v) is 3.08. The van der Waals surface area contributed by atoms with E-state index in [1.165, 1.54) is 0 Å². The Balaban J connectivity index is 2.41. The van der Waals surface area contributed by atoms with Gasteiger partial charge in [0.25, 0.3) is 0 Å². The maximum absolute atomic E-state index is 9.13. The summed E-state index contributed by atoms with van der Waals surface area (Å²) in [4.78, 5) is 0. The fourth-order valence-electron chi connectivity index (χ4n) is 2.28. The highest BCUT2D eigenvalue weighted by Crippen LogP contribution is 2.22. The highest BCUT2D eigenvalue weighted by atomic mass is 16.5. The predicted molar refractivity (Wildman–Crippen MR) is 66.7 cm³/mol. The van der Waals surface area contributed by atoms with Gasteiger partial charge in [-0.25, -0.2) is 0 Å². The Morgan fingerprint density at radius 3 is 2.47 bits per heavy atom. The molecule has 0 aliphatic carbocycles. The van der Waals surface area contributed by atoms with E-state index in [2.05, 4.69) is 25.2 Å². The van der Waals surface area contributed by atoms with Crippen LogP contribution in [0.25, 0.3) is 0 Å². The molecule has 0 bridgehead atoms. The lowest BCUT2D eigenvalue weighted by atomic mass is 10.0. The SMILES string of the molecule is CCNC(C)(C#N)COC1CC(C)OC(C)C1. The molecule has 0 amide bonds. The van der Waals surface area contributed by atoms with E-state index >= 15 is 0 Å². The number of nitrogens with zero attached hydrogens (tertiary/aromatic N) is 1. The Hall–Kier alpha value is -0.630. The second-order valence-corrected chi connectivity index (χ2v) is 5.14. The monoisotopic (exact) mass is 240 g/mol. The third-order valence-electron chi connectivity index (χ3n) is 3.08. The largest absolute Gasteiger partial charge is 0.375 e. The summed E-state index contributed by atoms with van der Waals surface area (Å²) < 4.78 is 11.5. The minimum Gasteiger partial charge on any atom is -0.375 e. The van der Waals surface area contributed by atoms with Gasteiger partial charge < -0.3 is 9.47 Å². The van der Waals surface area contributed by atoms with Crippen LogP contribution in [0.1, 0.15) is 40.5 Å². The Kier molecular flexibility index (Phi) is 5.38. The van der Waals surface area contributed by atoms with E-state index in [4.69, 9.17) is 14.7 Å². The van der Waals surface area contributed by atoms with Gasteiger partial charge in [-0.1, -0.05) is 6.92 Å². The van der Waals surface area contributed by atoms with Crippen LogP contribution in [-0.4, -0.2) is 37.0 Å². The Labute approximate surface area is 104 Å². The molecule has 4 heteroatoms. The second kappa shape index (κ2) is 6.34. The number of nitrogens with one attached hydrogen (secondary N) is 1. The molecule has 0 radical (unpaired) electrons. The topological polar surface area (TPSA) is 54.3 Å². The van der Waals surface area contributed by atoms with Gasteiger partial charge in [-0.2, -0.15) is 5.26 Å². The summed E-state index contributed by atoms with van der Waals surface area (Å²) >= 11 is 0. The maximum Gasteiger partial charge on any atom is 0.127 e. The zero-order chi connectivity index (χ0) is 12.9. The number of hydrogen-bond donors (Lipinski definition) is 1. The molecule has 1 aliphatic heterocycles. The molecule has 3 atom stereocenters. The van der Waals surface area contributed by atoms with Crippen LogP contribution in [0.3, 0.4) is 0 Å². The van der Waals surface area contributed by atoms with Crippen LogP contribution in [0, 0.1) is 11.3 Å². The van der Waals surface area contributed by atoms with E-state index in [1.54, 1.807) is 0 Å². The molecule has 1 heterocycles. The molecule has 98 valence electrons. The van der Waals surface area contributed by atoms with Crippen LogP contribution in [-0.2, 0) is 9.47 Å². The molecule has 17 heavy (non-hydrogen) atoms. The zero-order valence-electron chi connectivity index (χ0n) is 11.3. The smallest absolute Gasteiger partial charge is 0.127 e. The van der Waals surface area contributed by atoms with Crippen LogP contribution in [0.15, 0.2) is 0 Å². The average Bonchev–Trinajstić information content (AvgIpc) is 2.26. The quantitative estimate of drug-likeness (QED) is 0.797. The van der Waals surface area contributed by atoms with Gasteiger partial charge in [0.1, 0.15) is 5.54 Å². The van der Waals surface area contributed by atoms with Crippen LogP contribution in [0.4, 0.5) is 0 Å².